The van der Waals surface area contributed by atoms with Gasteiger partial charge >= 0.3 is 0 Å². The van der Waals surface area contributed by atoms with Crippen molar-refractivity contribution < 1.29 is 22.7 Å². The molecule has 0 aliphatic rings. The maximum Gasteiger partial charge on any atom is 0.264 e. The van der Waals surface area contributed by atoms with Gasteiger partial charge in [-0.1, -0.05) is 17.7 Å². The van der Waals surface area contributed by atoms with Crippen molar-refractivity contribution in [3.05, 3.63) is 78.1 Å². The number of nitrogens with zero attached hydrogens (tertiary/aromatic N) is 2. The molecule has 0 fully saturated rings. The van der Waals surface area contributed by atoms with Gasteiger partial charge in [0.1, 0.15) is 18.0 Å². The molecular weight excluding hydrogens is 430 g/mol. The molecule has 0 saturated heterocycles. The molecule has 0 aliphatic carbocycles. The van der Waals surface area contributed by atoms with Crippen molar-refractivity contribution in [1.29, 1.82) is 0 Å². The second-order valence-electron chi connectivity index (χ2n) is 6.99. The second-order valence-corrected chi connectivity index (χ2v) is 8.86. The van der Waals surface area contributed by atoms with Crippen LogP contribution in [-0.4, -0.2) is 40.1 Å². The zero-order valence-corrected chi connectivity index (χ0v) is 18.9. The number of carbonyl (C=O) groups excluding carboxylic acids is 1. The van der Waals surface area contributed by atoms with Crippen molar-refractivity contribution in [2.75, 3.05) is 25.1 Å². The van der Waals surface area contributed by atoms with Crippen LogP contribution in [0.25, 0.3) is 0 Å². The summed E-state index contributed by atoms with van der Waals surface area (Å²) in [5.74, 6) is 0.303. The minimum Gasteiger partial charge on any atom is -0.497 e. The molecule has 0 unspecified atom stereocenters. The first kappa shape index (κ1) is 23.1. The number of sulfonamides is 1. The zero-order chi connectivity index (χ0) is 23.1. The number of aryl methyl sites for hydroxylation is 1. The lowest BCUT2D eigenvalue weighted by Gasteiger charge is -2.26. The minimum absolute atomic E-state index is 0.0721. The fourth-order valence-electron chi connectivity index (χ4n) is 3.02. The number of aromatic nitrogens is 1. The predicted molar refractivity (Wildman–Crippen MR) is 121 cm³/mol. The van der Waals surface area contributed by atoms with Crippen molar-refractivity contribution in [2.24, 2.45) is 0 Å². The van der Waals surface area contributed by atoms with Gasteiger partial charge in [-0.25, -0.2) is 8.42 Å². The lowest BCUT2D eigenvalue weighted by atomic mass is 10.2. The molecule has 0 spiro atoms. The van der Waals surface area contributed by atoms with Gasteiger partial charge in [0.05, 0.1) is 24.8 Å². The van der Waals surface area contributed by atoms with Gasteiger partial charge in [-0.2, -0.15) is 0 Å². The Hall–Kier alpha value is -3.59. The van der Waals surface area contributed by atoms with Crippen molar-refractivity contribution in [3.63, 3.8) is 0 Å². The quantitative estimate of drug-likeness (QED) is 0.533. The molecule has 0 atom stereocenters. The average molecular weight is 456 g/mol. The molecule has 1 aromatic heterocycles. The van der Waals surface area contributed by atoms with Crippen LogP contribution in [0.5, 0.6) is 11.5 Å². The molecule has 8 nitrogen and oxygen atoms in total. The first-order valence-electron chi connectivity index (χ1n) is 9.82. The highest BCUT2D eigenvalue weighted by Gasteiger charge is 2.29. The van der Waals surface area contributed by atoms with Crippen molar-refractivity contribution in [2.45, 2.75) is 18.4 Å². The third-order valence-corrected chi connectivity index (χ3v) is 6.56. The van der Waals surface area contributed by atoms with E-state index in [1.165, 1.54) is 26.4 Å². The first-order valence-corrected chi connectivity index (χ1v) is 11.3. The largest absolute Gasteiger partial charge is 0.497 e. The number of ether oxygens (including phenoxy) is 2. The van der Waals surface area contributed by atoms with Gasteiger partial charge in [-0.3, -0.25) is 14.1 Å². The number of carbonyl (C=O) groups is 1. The van der Waals surface area contributed by atoms with E-state index in [1.54, 1.807) is 54.9 Å². The summed E-state index contributed by atoms with van der Waals surface area (Å²) in [6.07, 6.45) is 3.25. The Morgan fingerprint density at radius 2 is 1.69 bits per heavy atom. The fraction of sp³-hybridized carbons (Fsp3) is 0.217. The van der Waals surface area contributed by atoms with Gasteiger partial charge in [-0.15, -0.1) is 0 Å². The van der Waals surface area contributed by atoms with E-state index in [-0.39, 0.29) is 22.9 Å². The van der Waals surface area contributed by atoms with Crippen LogP contribution in [0.2, 0.25) is 0 Å². The SMILES string of the molecule is COc1ccc(N(CC(=O)NCc2ccncc2)S(=O)(=O)c2ccc(C)cc2)c(OC)c1. The monoisotopic (exact) mass is 455 g/mol. The van der Waals surface area contributed by atoms with Crippen molar-refractivity contribution >= 4 is 21.6 Å². The standard InChI is InChI=1S/C23H25N3O5S/c1-17-4-7-20(8-5-17)32(28,29)26(21-9-6-19(30-2)14-22(21)31-3)16-23(27)25-15-18-10-12-24-13-11-18/h4-14H,15-16H2,1-3H3,(H,25,27). The summed E-state index contributed by atoms with van der Waals surface area (Å²) in [7, 11) is -1.13. The molecule has 32 heavy (non-hydrogen) atoms. The number of nitrogens with one attached hydrogen (secondary N) is 1. The molecule has 2 aromatic carbocycles. The number of benzene rings is 2. The summed E-state index contributed by atoms with van der Waals surface area (Å²) in [6, 6.07) is 14.7. The summed E-state index contributed by atoms with van der Waals surface area (Å²) >= 11 is 0. The molecule has 3 aromatic rings. The Morgan fingerprint density at radius 3 is 2.31 bits per heavy atom. The Labute approximate surface area is 187 Å². The van der Waals surface area contributed by atoms with E-state index in [0.29, 0.717) is 5.75 Å². The molecule has 9 heteroatoms. The van der Waals surface area contributed by atoms with Gasteiger partial charge in [-0.05, 0) is 48.9 Å². The van der Waals surface area contributed by atoms with Crippen LogP contribution in [0.4, 0.5) is 5.69 Å². The number of amides is 1. The molecule has 0 aliphatic heterocycles. The number of methoxy groups -OCH3 is 2. The van der Waals surface area contributed by atoms with Crippen LogP contribution in [0, 0.1) is 6.92 Å². The highest BCUT2D eigenvalue weighted by Crippen LogP contribution is 2.35. The van der Waals surface area contributed by atoms with E-state index in [0.717, 1.165) is 15.4 Å². The van der Waals surface area contributed by atoms with Gasteiger partial charge in [0, 0.05) is 25.0 Å². The fourth-order valence-corrected chi connectivity index (χ4v) is 4.45. The molecule has 0 saturated carbocycles. The van der Waals surface area contributed by atoms with E-state index in [1.807, 2.05) is 6.92 Å². The van der Waals surface area contributed by atoms with Gasteiger partial charge in [0.15, 0.2) is 0 Å². The van der Waals surface area contributed by atoms with E-state index in [4.69, 9.17) is 9.47 Å². The highest BCUT2D eigenvalue weighted by molar-refractivity contribution is 7.92. The number of pyridine rings is 1. The first-order chi connectivity index (χ1) is 15.3. The number of anilines is 1. The summed E-state index contributed by atoms with van der Waals surface area (Å²) < 4.78 is 38.7. The van der Waals surface area contributed by atoms with E-state index < -0.39 is 22.5 Å². The van der Waals surface area contributed by atoms with Gasteiger partial charge < -0.3 is 14.8 Å². The van der Waals surface area contributed by atoms with E-state index >= 15 is 0 Å². The predicted octanol–water partition coefficient (Wildman–Crippen LogP) is 2.92. The third-order valence-electron chi connectivity index (χ3n) is 4.79. The maximum absolute atomic E-state index is 13.5. The van der Waals surface area contributed by atoms with Crippen LogP contribution in [-0.2, 0) is 21.4 Å². The average Bonchev–Trinajstić information content (AvgIpc) is 2.81. The normalized spacial score (nSPS) is 11.0. The molecule has 3 rings (SSSR count). The van der Waals surface area contributed by atoms with Crippen LogP contribution in [0.1, 0.15) is 11.1 Å². The Kier molecular flexibility index (Phi) is 7.32. The molecule has 1 N–H and O–H groups in total. The topological polar surface area (TPSA) is 97.8 Å². The number of rotatable bonds is 9. The lowest BCUT2D eigenvalue weighted by molar-refractivity contribution is -0.119. The number of hydrogen-bond donors (Lipinski definition) is 1. The molecule has 0 radical (unpaired) electrons. The Morgan fingerprint density at radius 1 is 1.00 bits per heavy atom. The second kappa shape index (κ2) is 10.1. The molecule has 168 valence electrons. The van der Waals surface area contributed by atoms with E-state index in [9.17, 15) is 13.2 Å². The summed E-state index contributed by atoms with van der Waals surface area (Å²) in [6.45, 7) is 1.69. The van der Waals surface area contributed by atoms with Gasteiger partial charge in [0.25, 0.3) is 10.0 Å². The Bertz CT molecular complexity index is 1170. The third kappa shape index (κ3) is 5.36. The summed E-state index contributed by atoms with van der Waals surface area (Å²) in [4.78, 5) is 16.8. The van der Waals surface area contributed by atoms with Crippen molar-refractivity contribution in [1.82, 2.24) is 10.3 Å². The van der Waals surface area contributed by atoms with Crippen LogP contribution in [0.3, 0.4) is 0 Å². The zero-order valence-electron chi connectivity index (χ0n) is 18.1. The molecule has 1 amide bonds. The number of hydrogen-bond acceptors (Lipinski definition) is 6. The van der Waals surface area contributed by atoms with Crippen molar-refractivity contribution in [3.8, 4) is 11.5 Å². The van der Waals surface area contributed by atoms with Crippen LogP contribution in [0.15, 0.2) is 71.9 Å². The Balaban J connectivity index is 1.96. The smallest absolute Gasteiger partial charge is 0.264 e. The highest BCUT2D eigenvalue weighted by atomic mass is 32.2. The molecular formula is C23H25N3O5S. The van der Waals surface area contributed by atoms with E-state index in [2.05, 4.69) is 10.3 Å². The van der Waals surface area contributed by atoms with Crippen LogP contribution >= 0.6 is 0 Å². The van der Waals surface area contributed by atoms with Gasteiger partial charge in [0.2, 0.25) is 5.91 Å². The molecule has 1 heterocycles. The molecule has 0 bridgehead atoms. The van der Waals surface area contributed by atoms with Crippen LogP contribution < -0.4 is 19.1 Å². The summed E-state index contributed by atoms with van der Waals surface area (Å²) in [5, 5.41) is 2.75. The minimum atomic E-state index is -4.06. The maximum atomic E-state index is 13.5. The summed E-state index contributed by atoms with van der Waals surface area (Å²) in [5.41, 5.74) is 2.00. The lowest BCUT2D eigenvalue weighted by Crippen LogP contribution is -2.40.